The lowest BCUT2D eigenvalue weighted by Gasteiger charge is -2.17. The van der Waals surface area contributed by atoms with Crippen molar-refractivity contribution in [1.29, 1.82) is 0 Å². The Balaban J connectivity index is 3.06. The Morgan fingerprint density at radius 1 is 1.71 bits per heavy atom. The summed E-state index contributed by atoms with van der Waals surface area (Å²) < 4.78 is 1.49. The number of nitrogens with zero attached hydrogens (tertiary/aromatic N) is 3. The molecule has 0 amide bonds. The smallest absolute Gasteiger partial charge is 0.310 e. The van der Waals surface area contributed by atoms with Crippen LogP contribution in [0.25, 0.3) is 0 Å². The van der Waals surface area contributed by atoms with E-state index in [4.69, 9.17) is 5.73 Å². The number of nitrogens with two attached hydrogens (primary N) is 1. The number of aromatic nitrogens is 2. The van der Waals surface area contributed by atoms with Crippen LogP contribution in [-0.2, 0) is 13.5 Å². The highest BCUT2D eigenvalue weighted by Gasteiger charge is 2.23. The van der Waals surface area contributed by atoms with E-state index in [0.29, 0.717) is 12.1 Å². The number of hydrogen-bond acceptors (Lipinski definition) is 4. The second kappa shape index (κ2) is 3.38. The van der Waals surface area contributed by atoms with Gasteiger partial charge in [-0.15, -0.1) is 0 Å². The highest BCUT2D eigenvalue weighted by atomic mass is 16.6. The molecule has 0 unspecified atom stereocenters. The standard InChI is InChI=1S/C8H14N4O2/c1-8(2,9)4-6-7(12(13)14)5-10-11(6)3/h5H,4,9H2,1-3H3. The summed E-state index contributed by atoms with van der Waals surface area (Å²) in [5.74, 6) is 0. The third-order valence-corrected chi connectivity index (χ3v) is 1.86. The minimum Gasteiger partial charge on any atom is -0.325 e. The van der Waals surface area contributed by atoms with E-state index in [9.17, 15) is 10.1 Å². The van der Waals surface area contributed by atoms with Crippen molar-refractivity contribution in [2.24, 2.45) is 12.8 Å². The molecule has 0 bridgehead atoms. The van der Waals surface area contributed by atoms with Crippen molar-refractivity contribution in [3.05, 3.63) is 22.0 Å². The first-order valence-corrected chi connectivity index (χ1v) is 4.25. The number of rotatable bonds is 3. The molecule has 0 saturated heterocycles. The molecule has 78 valence electrons. The maximum Gasteiger partial charge on any atom is 0.310 e. The molecule has 0 aromatic carbocycles. The van der Waals surface area contributed by atoms with Gasteiger partial charge in [0.25, 0.3) is 0 Å². The van der Waals surface area contributed by atoms with Gasteiger partial charge in [-0.05, 0) is 13.8 Å². The summed E-state index contributed by atoms with van der Waals surface area (Å²) >= 11 is 0. The van der Waals surface area contributed by atoms with E-state index >= 15 is 0 Å². The molecule has 0 aliphatic heterocycles. The van der Waals surface area contributed by atoms with Crippen LogP contribution in [0.5, 0.6) is 0 Å². The Morgan fingerprint density at radius 2 is 2.29 bits per heavy atom. The van der Waals surface area contributed by atoms with Gasteiger partial charge < -0.3 is 5.73 Å². The van der Waals surface area contributed by atoms with Crippen LogP contribution in [0.15, 0.2) is 6.20 Å². The zero-order valence-electron chi connectivity index (χ0n) is 8.52. The zero-order valence-corrected chi connectivity index (χ0v) is 8.52. The molecule has 6 heteroatoms. The fourth-order valence-electron chi connectivity index (χ4n) is 1.24. The molecular formula is C8H14N4O2. The quantitative estimate of drug-likeness (QED) is 0.569. The normalized spacial score (nSPS) is 11.7. The van der Waals surface area contributed by atoms with Crippen LogP contribution >= 0.6 is 0 Å². The molecule has 0 aliphatic carbocycles. The van der Waals surface area contributed by atoms with E-state index in [1.165, 1.54) is 10.9 Å². The summed E-state index contributed by atoms with van der Waals surface area (Å²) in [6, 6.07) is 0. The molecule has 1 rings (SSSR count). The summed E-state index contributed by atoms with van der Waals surface area (Å²) in [5.41, 5.74) is 5.92. The van der Waals surface area contributed by atoms with Crippen LogP contribution in [0, 0.1) is 10.1 Å². The molecule has 6 nitrogen and oxygen atoms in total. The molecular weight excluding hydrogens is 184 g/mol. The molecule has 0 aliphatic rings. The lowest BCUT2D eigenvalue weighted by atomic mass is 9.99. The van der Waals surface area contributed by atoms with Gasteiger partial charge in [0.2, 0.25) is 0 Å². The number of hydrogen-bond donors (Lipinski definition) is 1. The van der Waals surface area contributed by atoms with E-state index in [2.05, 4.69) is 5.10 Å². The summed E-state index contributed by atoms with van der Waals surface area (Å²) in [7, 11) is 1.67. The Labute approximate surface area is 81.9 Å². The van der Waals surface area contributed by atoms with Crippen molar-refractivity contribution in [2.45, 2.75) is 25.8 Å². The van der Waals surface area contributed by atoms with Crippen molar-refractivity contribution < 1.29 is 4.92 Å². The molecule has 0 atom stereocenters. The van der Waals surface area contributed by atoms with Crippen molar-refractivity contribution in [2.75, 3.05) is 0 Å². The Bertz CT molecular complexity index is 351. The lowest BCUT2D eigenvalue weighted by molar-refractivity contribution is -0.385. The predicted octanol–water partition coefficient (Wildman–Crippen LogP) is 0.608. The second-order valence-electron chi connectivity index (χ2n) is 4.02. The second-order valence-corrected chi connectivity index (χ2v) is 4.02. The van der Waals surface area contributed by atoms with Crippen LogP contribution in [0.1, 0.15) is 19.5 Å². The number of aryl methyl sites for hydroxylation is 1. The van der Waals surface area contributed by atoms with E-state index in [-0.39, 0.29) is 5.69 Å². The van der Waals surface area contributed by atoms with E-state index < -0.39 is 10.5 Å². The Kier molecular flexibility index (Phi) is 2.57. The fourth-order valence-corrected chi connectivity index (χ4v) is 1.24. The van der Waals surface area contributed by atoms with Gasteiger partial charge >= 0.3 is 5.69 Å². The molecule has 0 fully saturated rings. The highest BCUT2D eigenvalue weighted by molar-refractivity contribution is 5.33. The minimum atomic E-state index is -0.474. The maximum atomic E-state index is 10.6. The summed E-state index contributed by atoms with van der Waals surface area (Å²) in [6.07, 6.45) is 1.68. The van der Waals surface area contributed by atoms with E-state index in [1.807, 2.05) is 13.8 Å². The van der Waals surface area contributed by atoms with Crippen molar-refractivity contribution >= 4 is 5.69 Å². The molecule has 0 radical (unpaired) electrons. The molecule has 1 aromatic rings. The highest BCUT2D eigenvalue weighted by Crippen LogP contribution is 2.20. The molecule has 0 spiro atoms. The van der Waals surface area contributed by atoms with Gasteiger partial charge in [-0.2, -0.15) is 5.10 Å². The fraction of sp³-hybridized carbons (Fsp3) is 0.625. The largest absolute Gasteiger partial charge is 0.325 e. The Hall–Kier alpha value is -1.43. The van der Waals surface area contributed by atoms with Crippen molar-refractivity contribution in [1.82, 2.24) is 9.78 Å². The van der Waals surface area contributed by atoms with E-state index in [1.54, 1.807) is 7.05 Å². The molecule has 1 aromatic heterocycles. The van der Waals surface area contributed by atoms with Crippen LogP contribution in [0.2, 0.25) is 0 Å². The molecule has 1 heterocycles. The first kappa shape index (κ1) is 10.6. The Morgan fingerprint density at radius 3 is 2.71 bits per heavy atom. The molecule has 0 saturated carbocycles. The van der Waals surface area contributed by atoms with Gasteiger partial charge in [-0.25, -0.2) is 0 Å². The first-order chi connectivity index (χ1) is 6.31. The summed E-state index contributed by atoms with van der Waals surface area (Å²) in [5, 5.41) is 14.5. The van der Waals surface area contributed by atoms with Gasteiger partial charge in [0.1, 0.15) is 11.9 Å². The molecule has 14 heavy (non-hydrogen) atoms. The van der Waals surface area contributed by atoms with Gasteiger partial charge in [-0.3, -0.25) is 14.8 Å². The number of nitro groups is 1. The van der Waals surface area contributed by atoms with Crippen molar-refractivity contribution in [3.63, 3.8) is 0 Å². The topological polar surface area (TPSA) is 87.0 Å². The van der Waals surface area contributed by atoms with Crippen LogP contribution in [0.4, 0.5) is 5.69 Å². The minimum absolute atomic E-state index is 0.0334. The van der Waals surface area contributed by atoms with Gasteiger partial charge in [0.15, 0.2) is 0 Å². The third kappa shape index (κ3) is 2.29. The van der Waals surface area contributed by atoms with Gasteiger partial charge in [0, 0.05) is 19.0 Å². The third-order valence-electron chi connectivity index (χ3n) is 1.86. The van der Waals surface area contributed by atoms with Crippen molar-refractivity contribution in [3.8, 4) is 0 Å². The summed E-state index contributed by atoms with van der Waals surface area (Å²) in [4.78, 5) is 10.2. The summed E-state index contributed by atoms with van der Waals surface area (Å²) in [6.45, 7) is 3.65. The SMILES string of the molecule is Cn1ncc([N+](=O)[O-])c1CC(C)(C)N. The maximum absolute atomic E-state index is 10.6. The van der Waals surface area contributed by atoms with Crippen LogP contribution < -0.4 is 5.73 Å². The van der Waals surface area contributed by atoms with Gasteiger partial charge in [0.05, 0.1) is 4.92 Å². The zero-order chi connectivity index (χ0) is 10.9. The average Bonchev–Trinajstić information content (AvgIpc) is 2.29. The average molecular weight is 198 g/mol. The van der Waals surface area contributed by atoms with E-state index in [0.717, 1.165) is 0 Å². The monoisotopic (exact) mass is 198 g/mol. The van der Waals surface area contributed by atoms with Crippen LogP contribution in [-0.4, -0.2) is 20.2 Å². The molecule has 2 N–H and O–H groups in total. The first-order valence-electron chi connectivity index (χ1n) is 4.25. The van der Waals surface area contributed by atoms with Gasteiger partial charge in [-0.1, -0.05) is 0 Å². The predicted molar refractivity (Wildman–Crippen MR) is 51.8 cm³/mol. The van der Waals surface area contributed by atoms with Crippen LogP contribution in [0.3, 0.4) is 0 Å². The lowest BCUT2D eigenvalue weighted by Crippen LogP contribution is -2.35.